The number of nitriles is 2. The van der Waals surface area contributed by atoms with Gasteiger partial charge in [-0.3, -0.25) is 0 Å². The number of anilines is 3. The largest absolute Gasteiger partial charge is 0.476 e. The molecule has 0 radical (unpaired) electrons. The number of hydrogen-bond donors (Lipinski definition) is 2. The maximum absolute atomic E-state index is 11.8. The molecule has 200 valence electrons. The van der Waals surface area contributed by atoms with Gasteiger partial charge in [-0.2, -0.15) is 10.5 Å². The molecule has 40 heavy (non-hydrogen) atoms. The van der Waals surface area contributed by atoms with Crippen molar-refractivity contribution in [2.75, 3.05) is 41.3 Å². The molecule has 4 aromatic rings. The number of aromatic carboxylic acids is 1. The number of nitrogens with zero attached hydrogens (tertiary/aromatic N) is 8. The average Bonchev–Trinajstić information content (AvgIpc) is 2.96. The van der Waals surface area contributed by atoms with Crippen LogP contribution in [0.5, 0.6) is 0 Å². The van der Waals surface area contributed by atoms with Crippen molar-refractivity contribution in [2.45, 2.75) is 19.9 Å². The van der Waals surface area contributed by atoms with E-state index in [0.29, 0.717) is 54.4 Å². The molecule has 3 aromatic heterocycles. The fourth-order valence-electron chi connectivity index (χ4n) is 4.87. The quantitative estimate of drug-likeness (QED) is 0.328. The van der Waals surface area contributed by atoms with Crippen molar-refractivity contribution in [3.63, 3.8) is 0 Å². The van der Waals surface area contributed by atoms with Crippen molar-refractivity contribution < 1.29 is 9.90 Å². The maximum Gasteiger partial charge on any atom is 0.356 e. The number of rotatable bonds is 6. The first-order valence-electron chi connectivity index (χ1n) is 12.5. The summed E-state index contributed by atoms with van der Waals surface area (Å²) in [6, 6.07) is 14.6. The number of benzene rings is 1. The predicted octanol–water partition coefficient (Wildman–Crippen LogP) is 4.32. The molecule has 1 aliphatic heterocycles. The standard InChI is InChI=1S/C28H24ClN9O2/c1-16-12-18(17(2)33-19-5-6-24(29)35-26(19)28(39)40)25-20(13-16)34-22(15-31)27(36-25)38-10-8-37(9-11-38)23-4-3-7-32-21(23)14-30/h3-7,12-13,17,33H,8-11H2,1-2H3,(H,39,40)/t17-/m1/s1. The van der Waals surface area contributed by atoms with Crippen LogP contribution in [0.4, 0.5) is 17.2 Å². The molecule has 1 aromatic carbocycles. The Morgan fingerprint density at radius 3 is 2.48 bits per heavy atom. The molecule has 0 spiro atoms. The van der Waals surface area contributed by atoms with Crippen LogP contribution in [0.25, 0.3) is 11.0 Å². The van der Waals surface area contributed by atoms with Gasteiger partial charge in [0.15, 0.2) is 22.9 Å². The van der Waals surface area contributed by atoms with Gasteiger partial charge in [-0.1, -0.05) is 17.7 Å². The highest BCUT2D eigenvalue weighted by atomic mass is 35.5. The maximum atomic E-state index is 11.8. The predicted molar refractivity (Wildman–Crippen MR) is 151 cm³/mol. The van der Waals surface area contributed by atoms with E-state index in [2.05, 4.69) is 37.3 Å². The van der Waals surface area contributed by atoms with E-state index in [1.165, 1.54) is 6.07 Å². The highest BCUT2D eigenvalue weighted by Crippen LogP contribution is 2.31. The Hall–Kier alpha value is -5.00. The summed E-state index contributed by atoms with van der Waals surface area (Å²) in [5, 5.41) is 32.3. The molecule has 1 atom stereocenters. The molecule has 1 saturated heterocycles. The Balaban J connectivity index is 1.48. The van der Waals surface area contributed by atoms with Crippen LogP contribution in [0.2, 0.25) is 5.15 Å². The molecule has 0 amide bonds. The van der Waals surface area contributed by atoms with Gasteiger partial charge in [-0.25, -0.2) is 24.7 Å². The topological polar surface area (TPSA) is 155 Å². The van der Waals surface area contributed by atoms with Crippen LogP contribution in [0, 0.1) is 29.6 Å². The molecule has 1 aliphatic rings. The third-order valence-corrected chi connectivity index (χ3v) is 6.96. The zero-order chi connectivity index (χ0) is 28.4. The van der Waals surface area contributed by atoms with Crippen molar-refractivity contribution in [1.82, 2.24) is 19.9 Å². The van der Waals surface area contributed by atoms with Gasteiger partial charge in [0.25, 0.3) is 0 Å². The van der Waals surface area contributed by atoms with E-state index in [1.807, 2.05) is 43.0 Å². The van der Waals surface area contributed by atoms with Crippen LogP contribution in [0.3, 0.4) is 0 Å². The second-order valence-corrected chi connectivity index (χ2v) is 9.78. The van der Waals surface area contributed by atoms with Crippen molar-refractivity contribution in [1.29, 1.82) is 10.5 Å². The molecule has 0 bridgehead atoms. The van der Waals surface area contributed by atoms with E-state index >= 15 is 0 Å². The highest BCUT2D eigenvalue weighted by molar-refractivity contribution is 6.29. The number of pyridine rings is 2. The third kappa shape index (κ3) is 5.15. The lowest BCUT2D eigenvalue weighted by molar-refractivity contribution is 0.0691. The normalized spacial score (nSPS) is 13.9. The van der Waals surface area contributed by atoms with Crippen LogP contribution in [0.15, 0.2) is 42.6 Å². The molecule has 4 heterocycles. The summed E-state index contributed by atoms with van der Waals surface area (Å²) < 4.78 is 0. The zero-order valence-corrected chi connectivity index (χ0v) is 22.5. The summed E-state index contributed by atoms with van der Waals surface area (Å²) in [5.41, 5.74) is 4.44. The Labute approximate surface area is 235 Å². The van der Waals surface area contributed by atoms with Crippen LogP contribution < -0.4 is 15.1 Å². The number of carboxylic acid groups (broad SMARTS) is 1. The van der Waals surface area contributed by atoms with Crippen LogP contribution >= 0.6 is 11.6 Å². The Bertz CT molecular complexity index is 1710. The fraction of sp³-hybridized carbons (Fsp3) is 0.250. The van der Waals surface area contributed by atoms with Gasteiger partial charge in [0.05, 0.1) is 28.5 Å². The second-order valence-electron chi connectivity index (χ2n) is 9.39. The summed E-state index contributed by atoms with van der Waals surface area (Å²) in [4.78, 5) is 33.6. The number of aromatic nitrogens is 4. The molecule has 11 nitrogen and oxygen atoms in total. The van der Waals surface area contributed by atoms with Crippen molar-refractivity contribution in [3.8, 4) is 12.1 Å². The van der Waals surface area contributed by atoms with E-state index in [1.54, 1.807) is 12.3 Å². The number of nitrogens with one attached hydrogen (secondary N) is 1. The fourth-order valence-corrected chi connectivity index (χ4v) is 5.02. The van der Waals surface area contributed by atoms with Crippen molar-refractivity contribution in [3.05, 3.63) is 76.0 Å². The molecule has 0 unspecified atom stereocenters. The van der Waals surface area contributed by atoms with Crippen LogP contribution in [-0.2, 0) is 0 Å². The lowest BCUT2D eigenvalue weighted by Crippen LogP contribution is -2.47. The van der Waals surface area contributed by atoms with Gasteiger partial charge < -0.3 is 20.2 Å². The molecular formula is C28H24ClN9O2. The molecule has 0 saturated carbocycles. The van der Waals surface area contributed by atoms with Gasteiger partial charge in [0.2, 0.25) is 0 Å². The first kappa shape index (κ1) is 26.6. The monoisotopic (exact) mass is 553 g/mol. The van der Waals surface area contributed by atoms with Crippen molar-refractivity contribution in [2.24, 2.45) is 0 Å². The molecule has 1 fully saturated rings. The summed E-state index contributed by atoms with van der Waals surface area (Å²) in [7, 11) is 0. The van der Waals surface area contributed by atoms with Crippen LogP contribution in [0.1, 0.15) is 46.0 Å². The first-order valence-corrected chi connectivity index (χ1v) is 12.9. The molecular weight excluding hydrogens is 530 g/mol. The minimum Gasteiger partial charge on any atom is -0.476 e. The highest BCUT2D eigenvalue weighted by Gasteiger charge is 2.25. The molecule has 5 rings (SSSR count). The van der Waals surface area contributed by atoms with E-state index < -0.39 is 5.97 Å². The first-order chi connectivity index (χ1) is 19.3. The number of carboxylic acids is 1. The van der Waals surface area contributed by atoms with E-state index in [4.69, 9.17) is 16.6 Å². The summed E-state index contributed by atoms with van der Waals surface area (Å²) in [5.74, 6) is -0.711. The summed E-state index contributed by atoms with van der Waals surface area (Å²) in [6.45, 7) is 6.20. The zero-order valence-electron chi connectivity index (χ0n) is 21.8. The number of carbonyl (C=O) groups is 1. The molecule has 0 aliphatic carbocycles. The van der Waals surface area contributed by atoms with Gasteiger partial charge in [0.1, 0.15) is 17.3 Å². The summed E-state index contributed by atoms with van der Waals surface area (Å²) in [6.07, 6.45) is 1.60. The van der Waals surface area contributed by atoms with Crippen LogP contribution in [-0.4, -0.2) is 57.2 Å². The lowest BCUT2D eigenvalue weighted by Gasteiger charge is -2.37. The van der Waals surface area contributed by atoms with Gasteiger partial charge in [-0.05, 0) is 49.7 Å². The van der Waals surface area contributed by atoms with E-state index in [0.717, 1.165) is 16.8 Å². The Morgan fingerprint density at radius 2 is 1.77 bits per heavy atom. The Kier molecular flexibility index (Phi) is 7.32. The van der Waals surface area contributed by atoms with E-state index in [-0.39, 0.29) is 22.6 Å². The Morgan fingerprint density at radius 1 is 1.05 bits per heavy atom. The SMILES string of the molecule is Cc1cc([C@@H](C)Nc2ccc(Cl)nc2C(=O)O)c2nc(N3CCN(c4cccnc4C#N)CC3)c(C#N)nc2c1. The van der Waals surface area contributed by atoms with Crippen molar-refractivity contribution >= 4 is 45.8 Å². The smallest absolute Gasteiger partial charge is 0.356 e. The van der Waals surface area contributed by atoms with Gasteiger partial charge in [-0.15, -0.1) is 0 Å². The molecule has 2 N–H and O–H groups in total. The lowest BCUT2D eigenvalue weighted by atomic mass is 10.0. The van der Waals surface area contributed by atoms with E-state index in [9.17, 15) is 20.4 Å². The average molecular weight is 554 g/mol. The number of halogens is 1. The number of aryl methyl sites for hydroxylation is 1. The summed E-state index contributed by atoms with van der Waals surface area (Å²) >= 11 is 5.92. The minimum absolute atomic E-state index is 0.0867. The number of fused-ring (bicyclic) bond motifs is 1. The third-order valence-electron chi connectivity index (χ3n) is 6.75. The minimum atomic E-state index is -1.20. The van der Waals surface area contributed by atoms with Gasteiger partial charge in [0, 0.05) is 37.9 Å². The number of hydrogen-bond acceptors (Lipinski definition) is 10. The molecule has 12 heteroatoms. The second kappa shape index (κ2) is 11.0. The van der Waals surface area contributed by atoms with Gasteiger partial charge >= 0.3 is 5.97 Å². The number of piperazine rings is 1.